The number of benzene rings is 1. The lowest BCUT2D eigenvalue weighted by Crippen LogP contribution is -2.45. The monoisotopic (exact) mass is 383 g/mol. The molecule has 3 amide bonds. The number of primary amides is 1. The van der Waals surface area contributed by atoms with Crippen LogP contribution < -0.4 is 15.8 Å². The fourth-order valence-corrected chi connectivity index (χ4v) is 3.50. The van der Waals surface area contributed by atoms with Gasteiger partial charge in [0, 0.05) is 6.04 Å². The molecule has 0 aliphatic heterocycles. The van der Waals surface area contributed by atoms with Gasteiger partial charge in [-0.1, -0.05) is 19.9 Å². The molecular formula is C16H21N3O6S. The summed E-state index contributed by atoms with van der Waals surface area (Å²) in [6.07, 6.45) is 0.317. The molecule has 0 saturated heterocycles. The standard InChI is InChI=1S/C16H21N3O6S/c1-9(2)13(14(20)18-16(17)22)25-15(21)10-4-3-5-12(8-10)26(23,24)19-11-6-7-11/h3-5,8-9,11,13,19H,6-7H2,1-2H3,(H3,17,18,20,22). The Morgan fingerprint density at radius 3 is 2.42 bits per heavy atom. The molecule has 0 bridgehead atoms. The highest BCUT2D eigenvalue weighted by molar-refractivity contribution is 7.89. The van der Waals surface area contributed by atoms with Crippen LogP contribution in [0, 0.1) is 5.92 Å². The second-order valence-electron chi connectivity index (χ2n) is 6.35. The topological polar surface area (TPSA) is 145 Å². The van der Waals surface area contributed by atoms with E-state index in [1.54, 1.807) is 13.8 Å². The number of nitrogens with one attached hydrogen (secondary N) is 2. The van der Waals surface area contributed by atoms with E-state index in [2.05, 4.69) is 4.72 Å². The van der Waals surface area contributed by atoms with Crippen LogP contribution in [-0.4, -0.2) is 38.5 Å². The summed E-state index contributed by atoms with van der Waals surface area (Å²) < 4.78 is 32.1. The molecule has 1 atom stereocenters. The van der Waals surface area contributed by atoms with Crippen molar-refractivity contribution in [3.05, 3.63) is 29.8 Å². The molecule has 1 aromatic carbocycles. The molecule has 1 unspecified atom stereocenters. The molecule has 1 fully saturated rings. The van der Waals surface area contributed by atoms with Gasteiger partial charge in [-0.2, -0.15) is 0 Å². The average Bonchev–Trinajstić information content (AvgIpc) is 3.34. The Hall–Kier alpha value is -2.46. The zero-order valence-corrected chi connectivity index (χ0v) is 15.2. The Kier molecular flexibility index (Phi) is 5.98. The second-order valence-corrected chi connectivity index (χ2v) is 8.06. The van der Waals surface area contributed by atoms with Crippen molar-refractivity contribution in [2.45, 2.75) is 43.7 Å². The first kappa shape index (κ1) is 19.9. The van der Waals surface area contributed by atoms with Crippen molar-refractivity contribution in [1.29, 1.82) is 0 Å². The molecule has 0 spiro atoms. The highest BCUT2D eigenvalue weighted by Crippen LogP contribution is 2.23. The van der Waals surface area contributed by atoms with Gasteiger partial charge in [-0.25, -0.2) is 22.7 Å². The largest absolute Gasteiger partial charge is 0.448 e. The SMILES string of the molecule is CC(C)C(OC(=O)c1cccc(S(=O)(=O)NC2CC2)c1)C(=O)NC(N)=O. The minimum atomic E-state index is -3.73. The lowest BCUT2D eigenvalue weighted by molar-refractivity contribution is -0.130. The third kappa shape index (κ3) is 5.27. The summed E-state index contributed by atoms with van der Waals surface area (Å²) in [7, 11) is -3.73. The maximum atomic E-state index is 12.3. The van der Waals surface area contributed by atoms with Crippen LogP contribution in [0.3, 0.4) is 0 Å². The molecule has 4 N–H and O–H groups in total. The molecule has 1 aliphatic carbocycles. The maximum absolute atomic E-state index is 12.3. The summed E-state index contributed by atoms with van der Waals surface area (Å²) in [6, 6.07) is 4.19. The van der Waals surface area contributed by atoms with E-state index in [9.17, 15) is 22.8 Å². The molecule has 1 aliphatic rings. The van der Waals surface area contributed by atoms with Gasteiger partial charge in [0.05, 0.1) is 10.5 Å². The van der Waals surface area contributed by atoms with Crippen LogP contribution in [0.2, 0.25) is 0 Å². The molecule has 0 heterocycles. The number of esters is 1. The number of imide groups is 1. The third-order valence-corrected chi connectivity index (χ3v) is 5.14. The zero-order valence-electron chi connectivity index (χ0n) is 14.4. The van der Waals surface area contributed by atoms with Crippen LogP contribution in [0.4, 0.5) is 4.79 Å². The smallest absolute Gasteiger partial charge is 0.338 e. The van der Waals surface area contributed by atoms with Crippen molar-refractivity contribution in [3.63, 3.8) is 0 Å². The van der Waals surface area contributed by atoms with E-state index in [0.717, 1.165) is 12.8 Å². The third-order valence-electron chi connectivity index (χ3n) is 3.62. The summed E-state index contributed by atoms with van der Waals surface area (Å²) >= 11 is 0. The molecule has 0 aromatic heterocycles. The van der Waals surface area contributed by atoms with Crippen LogP contribution in [0.25, 0.3) is 0 Å². The van der Waals surface area contributed by atoms with Gasteiger partial charge < -0.3 is 10.5 Å². The molecule has 26 heavy (non-hydrogen) atoms. The number of urea groups is 1. The van der Waals surface area contributed by atoms with Crippen molar-refractivity contribution in [1.82, 2.24) is 10.0 Å². The lowest BCUT2D eigenvalue weighted by atomic mass is 10.1. The lowest BCUT2D eigenvalue weighted by Gasteiger charge is -2.20. The predicted molar refractivity (Wildman–Crippen MR) is 91.6 cm³/mol. The van der Waals surface area contributed by atoms with E-state index in [1.807, 2.05) is 5.32 Å². The summed E-state index contributed by atoms with van der Waals surface area (Å²) in [5.74, 6) is -2.16. The molecular weight excluding hydrogens is 362 g/mol. The summed E-state index contributed by atoms with van der Waals surface area (Å²) in [5.41, 5.74) is 4.87. The number of carbonyl (C=O) groups excluding carboxylic acids is 3. The Bertz CT molecular complexity index is 817. The molecule has 142 valence electrons. The molecule has 1 aromatic rings. The van der Waals surface area contributed by atoms with Crippen LogP contribution in [0.1, 0.15) is 37.0 Å². The first-order valence-electron chi connectivity index (χ1n) is 8.04. The van der Waals surface area contributed by atoms with Gasteiger partial charge >= 0.3 is 12.0 Å². The number of hydrogen-bond donors (Lipinski definition) is 3. The minimum absolute atomic E-state index is 0.0267. The number of carbonyl (C=O) groups is 3. The van der Waals surface area contributed by atoms with Gasteiger partial charge in [0.25, 0.3) is 5.91 Å². The molecule has 2 rings (SSSR count). The van der Waals surface area contributed by atoms with Gasteiger partial charge in [0.15, 0.2) is 6.10 Å². The first-order chi connectivity index (χ1) is 12.1. The van der Waals surface area contributed by atoms with Crippen LogP contribution in [-0.2, 0) is 19.6 Å². The maximum Gasteiger partial charge on any atom is 0.338 e. The van der Waals surface area contributed by atoms with Gasteiger partial charge in [0.1, 0.15) is 0 Å². The van der Waals surface area contributed by atoms with Crippen molar-refractivity contribution in [3.8, 4) is 0 Å². The minimum Gasteiger partial charge on any atom is -0.448 e. The number of nitrogens with two attached hydrogens (primary N) is 1. The molecule has 1 saturated carbocycles. The van der Waals surface area contributed by atoms with Gasteiger partial charge in [-0.15, -0.1) is 0 Å². The number of sulfonamides is 1. The van der Waals surface area contributed by atoms with Crippen LogP contribution >= 0.6 is 0 Å². The van der Waals surface area contributed by atoms with Gasteiger partial charge in [-0.05, 0) is 37.0 Å². The van der Waals surface area contributed by atoms with Gasteiger partial charge in [-0.3, -0.25) is 10.1 Å². The zero-order chi connectivity index (χ0) is 19.5. The Balaban J connectivity index is 2.16. The van der Waals surface area contributed by atoms with Crippen molar-refractivity contribution < 1.29 is 27.5 Å². The Morgan fingerprint density at radius 1 is 1.23 bits per heavy atom. The molecule has 9 nitrogen and oxygen atoms in total. The second kappa shape index (κ2) is 7.83. The van der Waals surface area contributed by atoms with E-state index in [0.29, 0.717) is 0 Å². The number of amides is 3. The fraction of sp³-hybridized carbons (Fsp3) is 0.438. The van der Waals surface area contributed by atoms with E-state index in [1.165, 1.54) is 24.3 Å². The fourth-order valence-electron chi connectivity index (χ4n) is 2.15. The normalized spacial score (nSPS) is 15.3. The molecule has 0 radical (unpaired) electrons. The van der Waals surface area contributed by atoms with E-state index < -0.39 is 40.0 Å². The summed E-state index contributed by atoms with van der Waals surface area (Å²) in [4.78, 5) is 35.0. The van der Waals surface area contributed by atoms with Crippen LogP contribution in [0.5, 0.6) is 0 Å². The quantitative estimate of drug-likeness (QED) is 0.585. The highest BCUT2D eigenvalue weighted by Gasteiger charge is 2.30. The summed E-state index contributed by atoms with van der Waals surface area (Å²) in [5, 5.41) is 1.86. The Labute approximate surface area is 151 Å². The molecule has 10 heteroatoms. The van der Waals surface area contributed by atoms with E-state index in [4.69, 9.17) is 10.5 Å². The number of hydrogen-bond acceptors (Lipinski definition) is 6. The van der Waals surface area contributed by atoms with E-state index in [-0.39, 0.29) is 16.5 Å². The first-order valence-corrected chi connectivity index (χ1v) is 9.52. The number of rotatable bonds is 7. The van der Waals surface area contributed by atoms with Crippen molar-refractivity contribution >= 4 is 27.9 Å². The van der Waals surface area contributed by atoms with Gasteiger partial charge in [0.2, 0.25) is 10.0 Å². The van der Waals surface area contributed by atoms with Crippen molar-refractivity contribution in [2.24, 2.45) is 11.7 Å². The summed E-state index contributed by atoms with van der Waals surface area (Å²) in [6.45, 7) is 3.25. The van der Waals surface area contributed by atoms with Crippen LogP contribution in [0.15, 0.2) is 29.2 Å². The van der Waals surface area contributed by atoms with E-state index >= 15 is 0 Å². The number of ether oxygens (including phenoxy) is 1. The average molecular weight is 383 g/mol. The highest BCUT2D eigenvalue weighted by atomic mass is 32.2. The predicted octanol–water partition coefficient (Wildman–Crippen LogP) is 0.504. The van der Waals surface area contributed by atoms with Crippen molar-refractivity contribution in [2.75, 3.05) is 0 Å². The Morgan fingerprint density at radius 2 is 1.88 bits per heavy atom.